The van der Waals surface area contributed by atoms with Crippen LogP contribution in [0.4, 0.5) is 17.6 Å². The molecule has 1 amide bonds. The lowest BCUT2D eigenvalue weighted by atomic mass is 9.66. The molecule has 9 nitrogen and oxygen atoms in total. The van der Waals surface area contributed by atoms with Crippen LogP contribution in [0.25, 0.3) is 16.6 Å². The van der Waals surface area contributed by atoms with Crippen LogP contribution in [-0.4, -0.2) is 89.1 Å². The van der Waals surface area contributed by atoms with Crippen LogP contribution in [0, 0.1) is 10.8 Å². The van der Waals surface area contributed by atoms with Crippen LogP contribution in [0.1, 0.15) is 77.1 Å². The van der Waals surface area contributed by atoms with Crippen molar-refractivity contribution in [2.75, 3.05) is 74.0 Å². The number of hydrogen-bond donors (Lipinski definition) is 1. The molecule has 244 valence electrons. The molecule has 9 heteroatoms. The number of rotatable bonds is 6. The molecule has 0 bridgehead atoms. The summed E-state index contributed by atoms with van der Waals surface area (Å²) in [6.45, 7) is 17.0. The van der Waals surface area contributed by atoms with Crippen molar-refractivity contribution in [3.05, 3.63) is 47.7 Å². The molecule has 5 aliphatic heterocycles. The highest BCUT2D eigenvalue weighted by molar-refractivity contribution is 6.16. The van der Waals surface area contributed by atoms with Gasteiger partial charge in [-0.25, -0.2) is 0 Å². The summed E-state index contributed by atoms with van der Waals surface area (Å²) in [5.41, 5.74) is 5.06. The molecular formula is C37H50N8O. The van der Waals surface area contributed by atoms with Crippen molar-refractivity contribution in [2.45, 2.75) is 72.3 Å². The third-order valence-corrected chi connectivity index (χ3v) is 11.3. The first-order chi connectivity index (χ1) is 22.2. The number of carbonyl (C=O) groups excluding carboxylic acids is 1. The van der Waals surface area contributed by atoms with Crippen LogP contribution in [0.2, 0.25) is 0 Å². The lowest BCUT2D eigenvalue weighted by molar-refractivity contribution is -0.125. The molecule has 2 atom stereocenters. The number of carbonyl (C=O) groups is 1. The average Bonchev–Trinajstić information content (AvgIpc) is 3.73. The number of piperidine rings is 1. The normalized spacial score (nSPS) is 24.7. The van der Waals surface area contributed by atoms with Gasteiger partial charge in [0.15, 0.2) is 0 Å². The number of nitrogens with one attached hydrogen (secondary N) is 1. The molecule has 7 heterocycles. The second-order valence-electron chi connectivity index (χ2n) is 15.4. The predicted octanol–water partition coefficient (Wildman–Crippen LogP) is 5.78. The maximum atomic E-state index is 14.7. The van der Waals surface area contributed by atoms with Crippen molar-refractivity contribution >= 4 is 40.1 Å². The highest BCUT2D eigenvalue weighted by Crippen LogP contribution is 2.57. The van der Waals surface area contributed by atoms with Crippen molar-refractivity contribution in [3.63, 3.8) is 0 Å². The van der Waals surface area contributed by atoms with E-state index in [2.05, 4.69) is 93.6 Å². The SMILES string of the molecule is CC[C@@]12C=C(C(=O)N3CCN(c4cc(N5CCCC5)nc(NCC(C)(C)C)n4)CC3)n3c4c(c5ccccc53)CCN(CCC1)[C@H]42. The molecule has 0 saturated carbocycles. The highest BCUT2D eigenvalue weighted by Gasteiger charge is 2.51. The molecule has 0 aliphatic carbocycles. The van der Waals surface area contributed by atoms with Crippen molar-refractivity contribution < 1.29 is 4.79 Å². The number of nitrogens with zero attached hydrogens (tertiary/aromatic N) is 7. The van der Waals surface area contributed by atoms with Gasteiger partial charge in [-0.15, -0.1) is 0 Å². The first kappa shape index (κ1) is 29.8. The fourth-order valence-corrected chi connectivity index (χ4v) is 8.85. The monoisotopic (exact) mass is 622 g/mol. The number of aromatic nitrogens is 3. The van der Waals surface area contributed by atoms with E-state index < -0.39 is 0 Å². The Morgan fingerprint density at radius 1 is 0.935 bits per heavy atom. The fraction of sp³-hybridized carbons (Fsp3) is 0.595. The quantitative estimate of drug-likeness (QED) is 0.374. The van der Waals surface area contributed by atoms with E-state index in [1.54, 1.807) is 0 Å². The Balaban J connectivity index is 1.08. The van der Waals surface area contributed by atoms with E-state index in [4.69, 9.17) is 9.97 Å². The zero-order valence-electron chi connectivity index (χ0n) is 28.2. The van der Waals surface area contributed by atoms with Gasteiger partial charge in [-0.1, -0.05) is 45.9 Å². The van der Waals surface area contributed by atoms with Gasteiger partial charge < -0.3 is 24.6 Å². The molecule has 8 rings (SSSR count). The Bertz CT molecular complexity index is 1670. The molecular weight excluding hydrogens is 572 g/mol. The first-order valence-electron chi connectivity index (χ1n) is 17.8. The summed E-state index contributed by atoms with van der Waals surface area (Å²) in [5.74, 6) is 2.84. The second-order valence-corrected chi connectivity index (χ2v) is 15.4. The van der Waals surface area contributed by atoms with Crippen molar-refractivity contribution in [1.82, 2.24) is 24.3 Å². The number of anilines is 3. The average molecular weight is 623 g/mol. The van der Waals surface area contributed by atoms with Crippen LogP contribution in [0.3, 0.4) is 0 Å². The Hall–Kier alpha value is -3.59. The minimum absolute atomic E-state index is 0.00794. The summed E-state index contributed by atoms with van der Waals surface area (Å²) in [6.07, 6.45) is 9.28. The van der Waals surface area contributed by atoms with E-state index in [1.807, 2.05) is 0 Å². The Morgan fingerprint density at radius 2 is 1.65 bits per heavy atom. The maximum Gasteiger partial charge on any atom is 0.270 e. The van der Waals surface area contributed by atoms with Crippen molar-refractivity contribution in [3.8, 4) is 0 Å². The number of para-hydroxylation sites is 1. The van der Waals surface area contributed by atoms with E-state index in [0.29, 0.717) is 25.1 Å². The Labute approximate surface area is 273 Å². The zero-order chi connectivity index (χ0) is 31.6. The predicted molar refractivity (Wildman–Crippen MR) is 186 cm³/mol. The van der Waals surface area contributed by atoms with Gasteiger partial charge in [0.1, 0.15) is 17.3 Å². The second kappa shape index (κ2) is 11.3. The van der Waals surface area contributed by atoms with E-state index in [-0.39, 0.29) is 16.7 Å². The molecule has 3 aromatic rings. The molecule has 3 fully saturated rings. The fourth-order valence-electron chi connectivity index (χ4n) is 8.85. The van der Waals surface area contributed by atoms with Gasteiger partial charge in [-0.05, 0) is 68.2 Å². The van der Waals surface area contributed by atoms with Gasteiger partial charge in [-0.3, -0.25) is 9.69 Å². The van der Waals surface area contributed by atoms with Crippen molar-refractivity contribution in [1.29, 1.82) is 0 Å². The molecule has 1 N–H and O–H groups in total. The van der Waals surface area contributed by atoms with E-state index in [0.717, 1.165) is 82.4 Å². The van der Waals surface area contributed by atoms with Crippen LogP contribution in [0.15, 0.2) is 36.4 Å². The molecule has 2 aromatic heterocycles. The van der Waals surface area contributed by atoms with Crippen LogP contribution in [-0.2, 0) is 11.2 Å². The number of fused-ring (bicyclic) bond motifs is 3. The Kier molecular flexibility index (Phi) is 7.31. The first-order valence-corrected chi connectivity index (χ1v) is 17.8. The van der Waals surface area contributed by atoms with E-state index >= 15 is 0 Å². The van der Waals surface area contributed by atoms with Gasteiger partial charge in [0.2, 0.25) is 5.95 Å². The van der Waals surface area contributed by atoms with E-state index in [1.165, 1.54) is 41.4 Å². The van der Waals surface area contributed by atoms with Gasteiger partial charge in [0.05, 0.1) is 11.6 Å². The number of hydrogen-bond acceptors (Lipinski definition) is 7. The molecule has 0 unspecified atom stereocenters. The Morgan fingerprint density at radius 3 is 2.37 bits per heavy atom. The minimum atomic E-state index is 0.00794. The zero-order valence-corrected chi connectivity index (χ0v) is 28.2. The van der Waals surface area contributed by atoms with Crippen LogP contribution in [0.5, 0.6) is 0 Å². The lowest BCUT2D eigenvalue weighted by Gasteiger charge is -2.53. The third kappa shape index (κ3) is 4.97. The smallest absolute Gasteiger partial charge is 0.270 e. The van der Waals surface area contributed by atoms with Crippen molar-refractivity contribution in [2.24, 2.45) is 10.8 Å². The lowest BCUT2D eigenvalue weighted by Crippen LogP contribution is -2.53. The number of benzene rings is 1. The van der Waals surface area contributed by atoms with Crippen LogP contribution >= 0.6 is 0 Å². The molecule has 46 heavy (non-hydrogen) atoms. The standard InChI is InChI=1S/C37H50N8O/c1-5-37-14-10-17-43-18-13-27-26-11-6-7-12-28(26)45(32(27)33(37)43)29(24-37)34(46)44-21-19-42(20-22-44)31-23-30(41-15-8-9-16-41)39-35(40-31)38-25-36(2,3)4/h6-7,11-12,23-24,33H,5,8-10,13-22,25H2,1-4H3,(H,38,39,40)/t33-,37+/m1/s1. The third-order valence-electron chi connectivity index (χ3n) is 11.3. The largest absolute Gasteiger partial charge is 0.356 e. The van der Waals surface area contributed by atoms with Crippen LogP contribution < -0.4 is 15.1 Å². The summed E-state index contributed by atoms with van der Waals surface area (Å²) in [7, 11) is 0. The van der Waals surface area contributed by atoms with Gasteiger partial charge in [0, 0.05) is 74.9 Å². The maximum absolute atomic E-state index is 14.7. The summed E-state index contributed by atoms with van der Waals surface area (Å²) in [5, 5.41) is 4.84. The summed E-state index contributed by atoms with van der Waals surface area (Å²) in [6, 6.07) is 11.3. The number of piperazine rings is 1. The topological polar surface area (TPSA) is 72.8 Å². The van der Waals surface area contributed by atoms with Gasteiger partial charge in [0.25, 0.3) is 5.91 Å². The molecule has 0 spiro atoms. The molecule has 0 radical (unpaired) electrons. The van der Waals surface area contributed by atoms with E-state index in [9.17, 15) is 4.79 Å². The summed E-state index contributed by atoms with van der Waals surface area (Å²) >= 11 is 0. The summed E-state index contributed by atoms with van der Waals surface area (Å²) in [4.78, 5) is 34.1. The highest BCUT2D eigenvalue weighted by atomic mass is 16.2. The molecule has 3 saturated heterocycles. The molecule has 5 aliphatic rings. The molecule has 1 aromatic carbocycles. The van der Waals surface area contributed by atoms with Gasteiger partial charge in [-0.2, -0.15) is 9.97 Å². The minimum Gasteiger partial charge on any atom is -0.356 e. The number of amides is 1. The summed E-state index contributed by atoms with van der Waals surface area (Å²) < 4.78 is 2.37. The van der Waals surface area contributed by atoms with Gasteiger partial charge >= 0.3 is 0 Å².